The first-order valence-corrected chi connectivity index (χ1v) is 8.74. The first-order chi connectivity index (χ1) is 12.4. The fraction of sp³-hybridized carbons (Fsp3) is 0.500. The maximum Gasteiger partial charge on any atom is 0.401 e. The van der Waals surface area contributed by atoms with E-state index in [2.05, 4.69) is 15.6 Å². The largest absolute Gasteiger partial charge is 0.459 e. The third-order valence-electron chi connectivity index (χ3n) is 4.23. The summed E-state index contributed by atoms with van der Waals surface area (Å²) in [5, 5.41) is 7.38. The van der Waals surface area contributed by atoms with Crippen molar-refractivity contribution in [3.05, 3.63) is 36.1 Å². The fourth-order valence-corrected chi connectivity index (χ4v) is 3.13. The molecule has 2 N–H and O–H groups in total. The molecule has 2 aromatic rings. The molecular formula is C18H24F3IN4O. The summed E-state index contributed by atoms with van der Waals surface area (Å²) in [6.45, 7) is 2.91. The van der Waals surface area contributed by atoms with E-state index in [4.69, 9.17) is 4.42 Å². The zero-order valence-corrected chi connectivity index (χ0v) is 17.4. The monoisotopic (exact) mass is 496 g/mol. The molecule has 27 heavy (non-hydrogen) atoms. The van der Waals surface area contributed by atoms with Crippen LogP contribution in [0.1, 0.15) is 19.1 Å². The second kappa shape index (κ2) is 9.63. The number of fused-ring (bicyclic) bond motifs is 1. The third kappa shape index (κ3) is 6.56. The van der Waals surface area contributed by atoms with E-state index in [0.717, 1.165) is 16.7 Å². The fourth-order valence-electron chi connectivity index (χ4n) is 3.13. The summed E-state index contributed by atoms with van der Waals surface area (Å²) in [4.78, 5) is 5.92. The van der Waals surface area contributed by atoms with E-state index in [1.165, 1.54) is 4.90 Å². The van der Waals surface area contributed by atoms with E-state index in [0.29, 0.717) is 38.6 Å². The van der Waals surface area contributed by atoms with E-state index in [1.807, 2.05) is 37.3 Å². The summed E-state index contributed by atoms with van der Waals surface area (Å²) in [5.74, 6) is 1.33. The van der Waals surface area contributed by atoms with E-state index in [-0.39, 0.29) is 30.0 Å². The van der Waals surface area contributed by atoms with Crippen LogP contribution in [0.2, 0.25) is 0 Å². The van der Waals surface area contributed by atoms with E-state index in [9.17, 15) is 13.2 Å². The molecule has 1 aliphatic heterocycles. The molecule has 150 valence electrons. The minimum atomic E-state index is -4.16. The average molecular weight is 496 g/mol. The van der Waals surface area contributed by atoms with Gasteiger partial charge < -0.3 is 15.1 Å². The Labute approximate surface area is 173 Å². The number of likely N-dealkylation sites (tertiary alicyclic amines) is 1. The zero-order valence-electron chi connectivity index (χ0n) is 15.1. The molecule has 0 spiro atoms. The molecule has 0 aliphatic carbocycles. The van der Waals surface area contributed by atoms with Crippen molar-refractivity contribution in [3.63, 3.8) is 0 Å². The SMILES string of the molecule is CCNC(=NCc1cc2ccccc2o1)NC1CCN(CC(F)(F)F)C1.I. The van der Waals surface area contributed by atoms with Gasteiger partial charge in [-0.1, -0.05) is 18.2 Å². The Kier molecular flexibility index (Phi) is 7.78. The van der Waals surface area contributed by atoms with Crippen molar-refractivity contribution in [2.24, 2.45) is 4.99 Å². The summed E-state index contributed by atoms with van der Waals surface area (Å²) in [6.07, 6.45) is -3.50. The summed E-state index contributed by atoms with van der Waals surface area (Å²) in [5.41, 5.74) is 0.814. The Hall–Kier alpha value is -1.49. The number of nitrogens with one attached hydrogen (secondary N) is 2. The molecule has 2 heterocycles. The van der Waals surface area contributed by atoms with Crippen LogP contribution in [-0.2, 0) is 6.54 Å². The van der Waals surface area contributed by atoms with Gasteiger partial charge in [0.05, 0.1) is 6.54 Å². The first-order valence-electron chi connectivity index (χ1n) is 8.74. The maximum absolute atomic E-state index is 12.5. The van der Waals surface area contributed by atoms with Crippen molar-refractivity contribution < 1.29 is 17.6 Å². The highest BCUT2D eigenvalue weighted by atomic mass is 127. The van der Waals surface area contributed by atoms with Crippen LogP contribution in [0.3, 0.4) is 0 Å². The number of hydrogen-bond acceptors (Lipinski definition) is 3. The van der Waals surface area contributed by atoms with Crippen LogP contribution in [0, 0.1) is 0 Å². The highest BCUT2D eigenvalue weighted by Gasteiger charge is 2.34. The highest BCUT2D eigenvalue weighted by molar-refractivity contribution is 14.0. The number of furan rings is 1. The van der Waals surface area contributed by atoms with Gasteiger partial charge in [-0.25, -0.2) is 4.99 Å². The van der Waals surface area contributed by atoms with Crippen LogP contribution in [0.25, 0.3) is 11.0 Å². The van der Waals surface area contributed by atoms with Crippen LogP contribution in [0.5, 0.6) is 0 Å². The number of nitrogens with zero attached hydrogens (tertiary/aromatic N) is 2. The van der Waals surface area contributed by atoms with Gasteiger partial charge >= 0.3 is 6.18 Å². The first kappa shape index (κ1) is 21.8. The van der Waals surface area contributed by atoms with Gasteiger partial charge in [-0.3, -0.25) is 4.90 Å². The molecule has 0 saturated carbocycles. The molecule has 3 rings (SSSR count). The molecule has 1 unspecified atom stereocenters. The molecular weight excluding hydrogens is 472 g/mol. The molecule has 0 radical (unpaired) electrons. The van der Waals surface area contributed by atoms with Gasteiger partial charge in [0.2, 0.25) is 0 Å². The predicted molar refractivity (Wildman–Crippen MR) is 110 cm³/mol. The summed E-state index contributed by atoms with van der Waals surface area (Å²) in [6, 6.07) is 9.64. The third-order valence-corrected chi connectivity index (χ3v) is 4.23. The number of guanidine groups is 1. The summed E-state index contributed by atoms with van der Waals surface area (Å²) < 4.78 is 43.3. The van der Waals surface area contributed by atoms with Gasteiger partial charge in [0.25, 0.3) is 0 Å². The van der Waals surface area contributed by atoms with Crippen LogP contribution in [-0.4, -0.2) is 49.3 Å². The molecule has 1 aliphatic rings. The van der Waals surface area contributed by atoms with Crippen LogP contribution in [0.4, 0.5) is 13.2 Å². The number of hydrogen-bond donors (Lipinski definition) is 2. The van der Waals surface area contributed by atoms with Crippen molar-refractivity contribution in [3.8, 4) is 0 Å². The number of aliphatic imine (C=N–C) groups is 1. The molecule has 0 amide bonds. The minimum Gasteiger partial charge on any atom is -0.459 e. The second-order valence-corrected chi connectivity index (χ2v) is 6.43. The normalized spacial score (nSPS) is 18.5. The standard InChI is InChI=1S/C18H23F3N4O.HI/c1-2-22-17(24-14-7-8-25(11-14)12-18(19,20)21)23-10-15-9-13-5-3-4-6-16(13)26-15;/h3-6,9,14H,2,7-8,10-12H2,1H3,(H2,22,23,24);1H. The van der Waals surface area contributed by atoms with Crippen molar-refractivity contribution in [1.29, 1.82) is 0 Å². The summed E-state index contributed by atoms with van der Waals surface area (Å²) >= 11 is 0. The lowest BCUT2D eigenvalue weighted by atomic mass is 10.2. The van der Waals surface area contributed by atoms with Gasteiger partial charge in [0.15, 0.2) is 5.96 Å². The molecule has 1 fully saturated rings. The Balaban J connectivity index is 0.00000261. The maximum atomic E-state index is 12.5. The van der Waals surface area contributed by atoms with E-state index < -0.39 is 12.7 Å². The number of rotatable bonds is 5. The van der Waals surface area contributed by atoms with Crippen LogP contribution in [0.15, 0.2) is 39.7 Å². The van der Waals surface area contributed by atoms with Gasteiger partial charge in [-0.15, -0.1) is 24.0 Å². The lowest BCUT2D eigenvalue weighted by Gasteiger charge is -2.19. The molecule has 1 saturated heterocycles. The van der Waals surface area contributed by atoms with Crippen molar-refractivity contribution >= 4 is 40.9 Å². The number of para-hydroxylation sites is 1. The van der Waals surface area contributed by atoms with Crippen LogP contribution >= 0.6 is 24.0 Å². The zero-order chi connectivity index (χ0) is 18.6. The Morgan fingerprint density at radius 1 is 1.33 bits per heavy atom. The molecule has 0 bridgehead atoms. The molecule has 1 aromatic carbocycles. The van der Waals surface area contributed by atoms with Gasteiger partial charge in [0.1, 0.15) is 17.9 Å². The van der Waals surface area contributed by atoms with Gasteiger partial charge in [0, 0.05) is 31.1 Å². The lowest BCUT2D eigenvalue weighted by molar-refractivity contribution is -0.143. The van der Waals surface area contributed by atoms with E-state index >= 15 is 0 Å². The number of benzene rings is 1. The highest BCUT2D eigenvalue weighted by Crippen LogP contribution is 2.20. The van der Waals surface area contributed by atoms with Crippen molar-refractivity contribution in [2.45, 2.75) is 32.1 Å². The molecule has 1 aromatic heterocycles. The van der Waals surface area contributed by atoms with Crippen molar-refractivity contribution in [2.75, 3.05) is 26.2 Å². The van der Waals surface area contributed by atoms with Crippen molar-refractivity contribution in [1.82, 2.24) is 15.5 Å². The van der Waals surface area contributed by atoms with Crippen LogP contribution < -0.4 is 10.6 Å². The second-order valence-electron chi connectivity index (χ2n) is 6.43. The Bertz CT molecular complexity index is 729. The molecule has 1 atom stereocenters. The smallest absolute Gasteiger partial charge is 0.401 e. The number of alkyl halides is 3. The number of halogens is 4. The average Bonchev–Trinajstić information content (AvgIpc) is 3.17. The van der Waals surface area contributed by atoms with Gasteiger partial charge in [-0.2, -0.15) is 13.2 Å². The van der Waals surface area contributed by atoms with E-state index in [1.54, 1.807) is 0 Å². The predicted octanol–water partition coefficient (Wildman–Crippen LogP) is 3.74. The topological polar surface area (TPSA) is 52.8 Å². The molecule has 5 nitrogen and oxygen atoms in total. The summed E-state index contributed by atoms with van der Waals surface area (Å²) in [7, 11) is 0. The Morgan fingerprint density at radius 2 is 2.11 bits per heavy atom. The minimum absolute atomic E-state index is 0. The molecule has 9 heteroatoms. The Morgan fingerprint density at radius 3 is 2.81 bits per heavy atom. The quantitative estimate of drug-likeness (QED) is 0.377. The lowest BCUT2D eigenvalue weighted by Crippen LogP contribution is -2.45. The van der Waals surface area contributed by atoms with Gasteiger partial charge in [-0.05, 0) is 25.5 Å².